The highest BCUT2D eigenvalue weighted by molar-refractivity contribution is 9.10. The third kappa shape index (κ3) is 3.35. The molecular weight excluding hydrogens is 329 g/mol. The lowest BCUT2D eigenvalue weighted by atomic mass is 9.98. The molecule has 4 heteroatoms. The Kier molecular flexibility index (Phi) is 4.97. The van der Waals surface area contributed by atoms with Gasteiger partial charge in [-0.25, -0.2) is 4.39 Å². The van der Waals surface area contributed by atoms with Crippen LogP contribution in [0.3, 0.4) is 0 Å². The standard InChI is InChI=1S/C15H14BrClFN/c1-2-19-15(11-5-3-4-6-13(11)17)12-9-10(16)7-8-14(12)18/h3-9,15,19H,2H2,1H3. The fourth-order valence-corrected chi connectivity index (χ4v) is 2.66. The van der Waals surface area contributed by atoms with Crippen molar-refractivity contribution in [3.05, 3.63) is 68.9 Å². The van der Waals surface area contributed by atoms with Crippen molar-refractivity contribution >= 4 is 27.5 Å². The summed E-state index contributed by atoms with van der Waals surface area (Å²) in [5.41, 5.74) is 1.47. The van der Waals surface area contributed by atoms with Gasteiger partial charge in [0.15, 0.2) is 0 Å². The van der Waals surface area contributed by atoms with Gasteiger partial charge in [-0.15, -0.1) is 0 Å². The van der Waals surface area contributed by atoms with E-state index in [0.29, 0.717) is 10.6 Å². The molecule has 0 bridgehead atoms. The number of hydrogen-bond donors (Lipinski definition) is 1. The van der Waals surface area contributed by atoms with E-state index in [9.17, 15) is 4.39 Å². The first-order valence-corrected chi connectivity index (χ1v) is 7.23. The van der Waals surface area contributed by atoms with Gasteiger partial charge in [0.25, 0.3) is 0 Å². The Morgan fingerprint density at radius 3 is 2.63 bits per heavy atom. The van der Waals surface area contributed by atoms with Crippen LogP contribution in [0.15, 0.2) is 46.9 Å². The van der Waals surface area contributed by atoms with Gasteiger partial charge in [0.2, 0.25) is 0 Å². The molecule has 0 saturated carbocycles. The predicted molar refractivity (Wildman–Crippen MR) is 81.1 cm³/mol. The normalized spacial score (nSPS) is 12.4. The monoisotopic (exact) mass is 341 g/mol. The minimum Gasteiger partial charge on any atom is -0.306 e. The van der Waals surface area contributed by atoms with E-state index in [1.807, 2.05) is 31.2 Å². The molecule has 0 radical (unpaired) electrons. The summed E-state index contributed by atoms with van der Waals surface area (Å²) in [6.07, 6.45) is 0. The molecule has 0 amide bonds. The molecule has 0 spiro atoms. The minimum absolute atomic E-state index is 0.242. The lowest BCUT2D eigenvalue weighted by Gasteiger charge is -2.21. The van der Waals surface area contributed by atoms with Crippen LogP contribution < -0.4 is 5.32 Å². The van der Waals surface area contributed by atoms with Crippen molar-refractivity contribution in [3.8, 4) is 0 Å². The minimum atomic E-state index is -0.254. The van der Waals surface area contributed by atoms with E-state index >= 15 is 0 Å². The molecule has 0 aliphatic heterocycles. The zero-order valence-corrected chi connectivity index (χ0v) is 12.8. The molecule has 1 unspecified atom stereocenters. The maximum atomic E-state index is 14.1. The van der Waals surface area contributed by atoms with Crippen LogP contribution in [0.25, 0.3) is 0 Å². The quantitative estimate of drug-likeness (QED) is 0.830. The van der Waals surface area contributed by atoms with Crippen LogP contribution in [0, 0.1) is 5.82 Å². The van der Waals surface area contributed by atoms with Gasteiger partial charge in [-0.1, -0.05) is 52.7 Å². The molecule has 1 nitrogen and oxygen atoms in total. The summed E-state index contributed by atoms with van der Waals surface area (Å²) in [7, 11) is 0. The van der Waals surface area contributed by atoms with Crippen molar-refractivity contribution in [2.45, 2.75) is 13.0 Å². The summed E-state index contributed by atoms with van der Waals surface area (Å²) in [4.78, 5) is 0. The predicted octanol–water partition coefficient (Wildman–Crippen LogP) is 4.94. The average Bonchev–Trinajstić information content (AvgIpc) is 2.40. The lowest BCUT2D eigenvalue weighted by molar-refractivity contribution is 0.558. The van der Waals surface area contributed by atoms with Gasteiger partial charge in [-0.2, -0.15) is 0 Å². The third-order valence-corrected chi connectivity index (χ3v) is 3.73. The van der Waals surface area contributed by atoms with E-state index < -0.39 is 0 Å². The second kappa shape index (κ2) is 6.51. The number of nitrogens with one attached hydrogen (secondary N) is 1. The summed E-state index contributed by atoms with van der Waals surface area (Å²) in [6, 6.07) is 12.2. The van der Waals surface area contributed by atoms with Crippen LogP contribution in [-0.4, -0.2) is 6.54 Å². The average molecular weight is 343 g/mol. The van der Waals surface area contributed by atoms with E-state index in [0.717, 1.165) is 16.6 Å². The molecule has 19 heavy (non-hydrogen) atoms. The highest BCUT2D eigenvalue weighted by Gasteiger charge is 2.19. The molecule has 0 aliphatic rings. The summed E-state index contributed by atoms with van der Waals surface area (Å²) < 4.78 is 14.9. The Bertz CT molecular complexity index is 574. The van der Waals surface area contributed by atoms with E-state index in [2.05, 4.69) is 21.2 Å². The number of rotatable bonds is 4. The second-order valence-electron chi connectivity index (χ2n) is 4.18. The Hall–Kier alpha value is -0.900. The molecule has 1 atom stereocenters. The Morgan fingerprint density at radius 1 is 1.21 bits per heavy atom. The van der Waals surface area contributed by atoms with Crippen LogP contribution in [0.5, 0.6) is 0 Å². The Labute approximate surface area is 125 Å². The van der Waals surface area contributed by atoms with Crippen molar-refractivity contribution in [3.63, 3.8) is 0 Å². The molecule has 2 aromatic rings. The molecule has 0 saturated heterocycles. The van der Waals surface area contributed by atoms with Crippen molar-refractivity contribution in [2.24, 2.45) is 0 Å². The maximum absolute atomic E-state index is 14.1. The van der Waals surface area contributed by atoms with Crippen LogP contribution in [-0.2, 0) is 0 Å². The molecule has 2 aromatic carbocycles. The first-order valence-electron chi connectivity index (χ1n) is 6.06. The Balaban J connectivity index is 2.51. The molecular formula is C15H14BrClFN. The van der Waals surface area contributed by atoms with Crippen molar-refractivity contribution < 1.29 is 4.39 Å². The second-order valence-corrected chi connectivity index (χ2v) is 5.50. The number of halogens is 3. The van der Waals surface area contributed by atoms with Gasteiger partial charge in [-0.05, 0) is 36.4 Å². The van der Waals surface area contributed by atoms with Crippen LogP contribution in [0.4, 0.5) is 4.39 Å². The van der Waals surface area contributed by atoms with Gasteiger partial charge >= 0.3 is 0 Å². The fraction of sp³-hybridized carbons (Fsp3) is 0.200. The molecule has 100 valence electrons. The van der Waals surface area contributed by atoms with E-state index in [1.54, 1.807) is 12.1 Å². The van der Waals surface area contributed by atoms with Gasteiger partial charge in [0.1, 0.15) is 5.82 Å². The smallest absolute Gasteiger partial charge is 0.128 e. The first kappa shape index (κ1) is 14.5. The zero-order valence-electron chi connectivity index (χ0n) is 10.5. The molecule has 0 heterocycles. The largest absolute Gasteiger partial charge is 0.306 e. The molecule has 2 rings (SSSR count). The zero-order chi connectivity index (χ0) is 13.8. The van der Waals surface area contributed by atoms with Crippen molar-refractivity contribution in [2.75, 3.05) is 6.54 Å². The van der Waals surface area contributed by atoms with E-state index in [4.69, 9.17) is 11.6 Å². The van der Waals surface area contributed by atoms with Gasteiger partial charge in [0, 0.05) is 15.1 Å². The topological polar surface area (TPSA) is 12.0 Å². The van der Waals surface area contributed by atoms with E-state index in [-0.39, 0.29) is 11.9 Å². The van der Waals surface area contributed by atoms with Gasteiger partial charge < -0.3 is 5.32 Å². The Morgan fingerprint density at radius 2 is 1.95 bits per heavy atom. The summed E-state index contributed by atoms with van der Waals surface area (Å²) >= 11 is 9.60. The number of benzene rings is 2. The van der Waals surface area contributed by atoms with Crippen molar-refractivity contribution in [1.82, 2.24) is 5.32 Å². The number of hydrogen-bond acceptors (Lipinski definition) is 1. The van der Waals surface area contributed by atoms with Crippen LogP contribution >= 0.6 is 27.5 Å². The SMILES string of the molecule is CCNC(c1cc(Br)ccc1F)c1ccccc1Cl. The molecule has 0 aromatic heterocycles. The first-order chi connectivity index (χ1) is 9.13. The van der Waals surface area contributed by atoms with E-state index in [1.165, 1.54) is 6.07 Å². The lowest BCUT2D eigenvalue weighted by Crippen LogP contribution is -2.23. The molecule has 0 fully saturated rings. The summed E-state index contributed by atoms with van der Waals surface area (Å²) in [5.74, 6) is -0.242. The van der Waals surface area contributed by atoms with Crippen molar-refractivity contribution in [1.29, 1.82) is 0 Å². The molecule has 0 aliphatic carbocycles. The van der Waals surface area contributed by atoms with Gasteiger partial charge in [-0.3, -0.25) is 0 Å². The van der Waals surface area contributed by atoms with Gasteiger partial charge in [0.05, 0.1) is 6.04 Å². The third-order valence-electron chi connectivity index (χ3n) is 2.89. The highest BCUT2D eigenvalue weighted by Crippen LogP contribution is 2.31. The fourth-order valence-electron chi connectivity index (χ4n) is 2.04. The summed E-state index contributed by atoms with van der Waals surface area (Å²) in [5, 5.41) is 3.91. The van der Waals surface area contributed by atoms with Crippen LogP contribution in [0.2, 0.25) is 5.02 Å². The maximum Gasteiger partial charge on any atom is 0.128 e. The summed E-state index contributed by atoms with van der Waals surface area (Å²) in [6.45, 7) is 2.71. The van der Waals surface area contributed by atoms with Crippen LogP contribution in [0.1, 0.15) is 24.1 Å². The highest BCUT2D eigenvalue weighted by atomic mass is 79.9. The molecule has 1 N–H and O–H groups in total.